The third kappa shape index (κ3) is 4.71. The summed E-state index contributed by atoms with van der Waals surface area (Å²) in [5, 5.41) is 12.2. The van der Waals surface area contributed by atoms with Gasteiger partial charge < -0.3 is 10.4 Å². The Kier molecular flexibility index (Phi) is 6.12. The molecule has 1 heterocycles. The third-order valence-corrected chi connectivity index (χ3v) is 5.09. The van der Waals surface area contributed by atoms with Crippen LogP contribution in [0, 0.1) is 0 Å². The molecule has 0 spiro atoms. The molecule has 3 rings (SSSR count). The van der Waals surface area contributed by atoms with Gasteiger partial charge in [0.1, 0.15) is 5.69 Å². The van der Waals surface area contributed by atoms with Crippen molar-refractivity contribution in [3.63, 3.8) is 0 Å². The van der Waals surface area contributed by atoms with Crippen LogP contribution < -0.4 is 5.32 Å². The molecule has 0 aliphatic rings. The van der Waals surface area contributed by atoms with Crippen LogP contribution >= 0.6 is 11.8 Å². The van der Waals surface area contributed by atoms with Gasteiger partial charge in [-0.2, -0.15) is 13.2 Å². The highest BCUT2D eigenvalue weighted by Gasteiger charge is 2.32. The molecule has 2 aromatic carbocycles. The second-order valence-corrected chi connectivity index (χ2v) is 7.30. The second-order valence-electron chi connectivity index (χ2n) is 6.03. The number of pyridine rings is 1. The van der Waals surface area contributed by atoms with Crippen LogP contribution in [-0.2, 0) is 6.18 Å². The lowest BCUT2D eigenvalue weighted by Crippen LogP contribution is -2.15. The lowest BCUT2D eigenvalue weighted by atomic mass is 10.0. The van der Waals surface area contributed by atoms with Crippen LogP contribution in [0.5, 0.6) is 5.88 Å². The van der Waals surface area contributed by atoms with E-state index >= 15 is 0 Å². The van der Waals surface area contributed by atoms with Crippen molar-refractivity contribution in [3.8, 4) is 17.0 Å². The van der Waals surface area contributed by atoms with Crippen LogP contribution in [-0.4, -0.2) is 21.8 Å². The normalized spacial score (nSPS) is 11.3. The number of hydrogen-bond donors (Lipinski definition) is 2. The van der Waals surface area contributed by atoms with Gasteiger partial charge in [-0.1, -0.05) is 49.4 Å². The van der Waals surface area contributed by atoms with Gasteiger partial charge in [-0.05, 0) is 29.0 Å². The van der Waals surface area contributed by atoms with Crippen LogP contribution in [0.2, 0.25) is 0 Å². The van der Waals surface area contributed by atoms with Gasteiger partial charge >= 0.3 is 6.18 Å². The average Bonchev–Trinajstić information content (AvgIpc) is 2.69. The number of benzene rings is 2. The molecule has 0 fully saturated rings. The van der Waals surface area contributed by atoms with E-state index in [2.05, 4.69) is 10.3 Å². The number of carbonyl (C=O) groups is 1. The lowest BCUT2D eigenvalue weighted by molar-refractivity contribution is -0.137. The number of aromatic hydroxyl groups is 1. The first-order valence-electron chi connectivity index (χ1n) is 8.70. The fourth-order valence-electron chi connectivity index (χ4n) is 2.75. The molecular weight excluding hydrogens is 401 g/mol. The molecule has 3 aromatic rings. The van der Waals surface area contributed by atoms with Crippen molar-refractivity contribution in [1.29, 1.82) is 0 Å². The van der Waals surface area contributed by atoms with Gasteiger partial charge in [-0.25, -0.2) is 4.98 Å². The van der Waals surface area contributed by atoms with Gasteiger partial charge in [0.05, 0.1) is 11.1 Å². The van der Waals surface area contributed by atoms with Crippen molar-refractivity contribution in [2.45, 2.75) is 18.0 Å². The maximum absolute atomic E-state index is 12.9. The molecule has 0 aliphatic carbocycles. The van der Waals surface area contributed by atoms with Crippen molar-refractivity contribution in [2.24, 2.45) is 0 Å². The Bertz CT molecular complexity index is 1020. The highest BCUT2D eigenvalue weighted by Crippen LogP contribution is 2.36. The Morgan fingerprint density at radius 3 is 2.52 bits per heavy atom. The highest BCUT2D eigenvalue weighted by atomic mass is 32.2. The molecule has 8 heteroatoms. The SMILES string of the molecule is CCSc1c(C(=O)Nc2cc(C(F)(F)F)cnc2O)cccc1-c1ccccc1. The Hall–Kier alpha value is -3.00. The van der Waals surface area contributed by atoms with Gasteiger partial charge in [0.2, 0.25) is 5.88 Å². The van der Waals surface area contributed by atoms with Crippen molar-refractivity contribution >= 4 is 23.4 Å². The fraction of sp³-hybridized carbons (Fsp3) is 0.143. The Labute approximate surface area is 169 Å². The van der Waals surface area contributed by atoms with Crippen molar-refractivity contribution in [3.05, 3.63) is 71.9 Å². The van der Waals surface area contributed by atoms with Crippen LogP contribution in [0.25, 0.3) is 11.1 Å². The van der Waals surface area contributed by atoms with Crippen molar-refractivity contribution in [1.82, 2.24) is 4.98 Å². The number of alkyl halides is 3. The second kappa shape index (κ2) is 8.57. The van der Waals surface area contributed by atoms with E-state index in [-0.39, 0.29) is 0 Å². The predicted octanol–water partition coefficient (Wildman–Crippen LogP) is 5.84. The van der Waals surface area contributed by atoms with Gasteiger partial charge in [-0.15, -0.1) is 11.8 Å². The van der Waals surface area contributed by atoms with Gasteiger partial charge in [-0.3, -0.25) is 4.79 Å². The molecule has 0 saturated carbocycles. The predicted molar refractivity (Wildman–Crippen MR) is 107 cm³/mol. The van der Waals surface area contributed by atoms with E-state index in [1.54, 1.807) is 12.1 Å². The molecule has 0 radical (unpaired) electrons. The van der Waals surface area contributed by atoms with E-state index in [0.717, 1.165) is 11.1 Å². The Morgan fingerprint density at radius 1 is 1.14 bits per heavy atom. The molecule has 29 heavy (non-hydrogen) atoms. The molecule has 150 valence electrons. The summed E-state index contributed by atoms with van der Waals surface area (Å²) in [5.74, 6) is -0.619. The zero-order valence-electron chi connectivity index (χ0n) is 15.3. The number of amides is 1. The van der Waals surface area contributed by atoms with E-state index in [1.807, 2.05) is 43.3 Å². The largest absolute Gasteiger partial charge is 0.492 e. The fourth-order valence-corrected chi connectivity index (χ4v) is 3.70. The minimum atomic E-state index is -4.64. The molecule has 1 amide bonds. The Balaban J connectivity index is 2.00. The average molecular weight is 418 g/mol. The third-order valence-electron chi connectivity index (χ3n) is 4.08. The van der Waals surface area contributed by atoms with E-state index in [0.29, 0.717) is 28.5 Å². The first-order chi connectivity index (χ1) is 13.8. The molecule has 0 unspecified atom stereocenters. The monoisotopic (exact) mass is 418 g/mol. The summed E-state index contributed by atoms with van der Waals surface area (Å²) >= 11 is 1.45. The number of nitrogens with zero attached hydrogens (tertiary/aromatic N) is 1. The van der Waals surface area contributed by atoms with Gasteiger partial charge in [0.15, 0.2) is 0 Å². The van der Waals surface area contributed by atoms with Gasteiger partial charge in [0, 0.05) is 11.1 Å². The lowest BCUT2D eigenvalue weighted by Gasteiger charge is -2.15. The first kappa shape index (κ1) is 20.7. The number of rotatable bonds is 5. The number of aromatic nitrogens is 1. The topological polar surface area (TPSA) is 62.2 Å². The number of hydrogen-bond acceptors (Lipinski definition) is 4. The summed E-state index contributed by atoms with van der Waals surface area (Å²) < 4.78 is 38.8. The number of anilines is 1. The van der Waals surface area contributed by atoms with E-state index in [1.165, 1.54) is 11.8 Å². The van der Waals surface area contributed by atoms with E-state index in [9.17, 15) is 23.1 Å². The van der Waals surface area contributed by atoms with Crippen LogP contribution in [0.3, 0.4) is 0 Å². The zero-order chi connectivity index (χ0) is 21.0. The number of nitrogens with one attached hydrogen (secondary N) is 1. The molecule has 0 aliphatic heterocycles. The van der Waals surface area contributed by atoms with Crippen LogP contribution in [0.1, 0.15) is 22.8 Å². The summed E-state index contributed by atoms with van der Waals surface area (Å²) in [5.41, 5.74) is 0.599. The maximum atomic E-state index is 12.9. The molecule has 0 saturated heterocycles. The summed E-state index contributed by atoms with van der Waals surface area (Å²) in [7, 11) is 0. The van der Waals surface area contributed by atoms with Gasteiger partial charge in [0.25, 0.3) is 5.91 Å². The minimum absolute atomic E-state index is 0.301. The molecule has 2 N–H and O–H groups in total. The number of thioether (sulfide) groups is 1. The zero-order valence-corrected chi connectivity index (χ0v) is 16.1. The molecule has 0 bridgehead atoms. The first-order valence-corrected chi connectivity index (χ1v) is 9.68. The minimum Gasteiger partial charge on any atom is -0.492 e. The Morgan fingerprint density at radius 2 is 1.86 bits per heavy atom. The number of carbonyl (C=O) groups excluding carboxylic acids is 1. The van der Waals surface area contributed by atoms with Crippen LogP contribution in [0.4, 0.5) is 18.9 Å². The highest BCUT2D eigenvalue weighted by molar-refractivity contribution is 7.99. The molecule has 1 aromatic heterocycles. The standard InChI is InChI=1S/C21H17F3N2O2S/c1-2-29-18-15(13-7-4-3-5-8-13)9-6-10-16(18)19(27)26-17-11-14(21(22,23)24)12-25-20(17)28/h3-12H,2H2,1H3,(H,25,28)(H,26,27). The maximum Gasteiger partial charge on any atom is 0.417 e. The summed E-state index contributed by atoms with van der Waals surface area (Å²) in [6, 6.07) is 15.3. The van der Waals surface area contributed by atoms with Crippen LogP contribution in [0.15, 0.2) is 65.7 Å². The van der Waals surface area contributed by atoms with Crippen molar-refractivity contribution < 1.29 is 23.1 Å². The summed E-state index contributed by atoms with van der Waals surface area (Å²) in [6.45, 7) is 1.94. The van der Waals surface area contributed by atoms with Crippen molar-refractivity contribution in [2.75, 3.05) is 11.1 Å². The molecule has 4 nitrogen and oxygen atoms in total. The summed E-state index contributed by atoms with van der Waals surface area (Å²) in [6.07, 6.45) is -4.13. The molecule has 0 atom stereocenters. The van der Waals surface area contributed by atoms with E-state index in [4.69, 9.17) is 0 Å². The van der Waals surface area contributed by atoms with E-state index < -0.39 is 29.2 Å². The quantitative estimate of drug-likeness (QED) is 0.511. The molecular formula is C21H17F3N2O2S. The smallest absolute Gasteiger partial charge is 0.417 e. The summed E-state index contributed by atoms with van der Waals surface area (Å²) in [4.78, 5) is 16.9. The number of halogens is 3.